The van der Waals surface area contributed by atoms with Gasteiger partial charge in [0.1, 0.15) is 17.2 Å². The zero-order valence-electron chi connectivity index (χ0n) is 14.5. The first kappa shape index (κ1) is 18.8. The SMILES string of the molecule is CCOc1ccc(Oc2ccc(NC(=O)CC(CN)OC)cc2)cc1. The van der Waals surface area contributed by atoms with Crippen molar-refractivity contribution in [3.8, 4) is 17.2 Å². The third-order valence-electron chi connectivity index (χ3n) is 3.52. The fourth-order valence-electron chi connectivity index (χ4n) is 2.19. The maximum Gasteiger partial charge on any atom is 0.227 e. The molecule has 134 valence electrons. The van der Waals surface area contributed by atoms with E-state index in [1.54, 1.807) is 24.3 Å². The van der Waals surface area contributed by atoms with Crippen LogP contribution in [0.1, 0.15) is 13.3 Å². The zero-order valence-corrected chi connectivity index (χ0v) is 14.5. The standard InChI is InChI=1S/C19H24N2O4/c1-3-24-15-8-10-17(11-9-15)25-16-6-4-14(5-7-16)21-19(22)12-18(13-20)23-2/h4-11,18H,3,12-13,20H2,1-2H3,(H,21,22). The van der Waals surface area contributed by atoms with Crippen molar-refractivity contribution in [2.75, 3.05) is 25.6 Å². The summed E-state index contributed by atoms with van der Waals surface area (Å²) >= 11 is 0. The van der Waals surface area contributed by atoms with Crippen LogP contribution in [-0.2, 0) is 9.53 Å². The maximum atomic E-state index is 11.9. The maximum absolute atomic E-state index is 11.9. The number of ether oxygens (including phenoxy) is 3. The minimum absolute atomic E-state index is 0.141. The summed E-state index contributed by atoms with van der Waals surface area (Å²) in [6, 6.07) is 14.6. The van der Waals surface area contributed by atoms with Gasteiger partial charge in [0.2, 0.25) is 5.91 Å². The first-order chi connectivity index (χ1) is 12.1. The molecule has 1 unspecified atom stereocenters. The van der Waals surface area contributed by atoms with E-state index >= 15 is 0 Å². The monoisotopic (exact) mass is 344 g/mol. The largest absolute Gasteiger partial charge is 0.494 e. The van der Waals surface area contributed by atoms with Crippen molar-refractivity contribution in [1.82, 2.24) is 0 Å². The van der Waals surface area contributed by atoms with Crippen molar-refractivity contribution >= 4 is 11.6 Å². The highest BCUT2D eigenvalue weighted by atomic mass is 16.5. The molecule has 3 N–H and O–H groups in total. The van der Waals surface area contributed by atoms with Crippen LogP contribution < -0.4 is 20.5 Å². The third kappa shape index (κ3) is 6.10. The molecule has 0 aliphatic rings. The van der Waals surface area contributed by atoms with E-state index in [4.69, 9.17) is 19.9 Å². The van der Waals surface area contributed by atoms with E-state index in [-0.39, 0.29) is 18.4 Å². The topological polar surface area (TPSA) is 82.8 Å². The Hall–Kier alpha value is -2.57. The number of rotatable bonds is 9. The number of benzene rings is 2. The Kier molecular flexibility index (Phi) is 7.25. The van der Waals surface area contributed by atoms with Crippen molar-refractivity contribution in [2.24, 2.45) is 5.73 Å². The second kappa shape index (κ2) is 9.66. The molecular formula is C19H24N2O4. The van der Waals surface area contributed by atoms with Crippen molar-refractivity contribution in [1.29, 1.82) is 0 Å². The number of hydrogen-bond donors (Lipinski definition) is 2. The van der Waals surface area contributed by atoms with E-state index in [0.717, 1.165) is 5.75 Å². The second-order valence-corrected chi connectivity index (χ2v) is 5.38. The molecule has 0 bridgehead atoms. The smallest absolute Gasteiger partial charge is 0.227 e. The summed E-state index contributed by atoms with van der Waals surface area (Å²) in [7, 11) is 1.54. The number of methoxy groups -OCH3 is 1. The average Bonchev–Trinajstić information content (AvgIpc) is 2.63. The van der Waals surface area contributed by atoms with Gasteiger partial charge in [0, 0.05) is 19.3 Å². The highest BCUT2D eigenvalue weighted by Gasteiger charge is 2.11. The molecule has 0 fully saturated rings. The van der Waals surface area contributed by atoms with E-state index in [1.165, 1.54) is 7.11 Å². The van der Waals surface area contributed by atoms with Crippen molar-refractivity contribution in [3.63, 3.8) is 0 Å². The van der Waals surface area contributed by atoms with Crippen LogP contribution in [0.25, 0.3) is 0 Å². The molecule has 2 aromatic rings. The van der Waals surface area contributed by atoms with E-state index < -0.39 is 0 Å². The number of carbonyl (C=O) groups excluding carboxylic acids is 1. The number of anilines is 1. The highest BCUT2D eigenvalue weighted by Crippen LogP contribution is 2.25. The molecule has 2 rings (SSSR count). The third-order valence-corrected chi connectivity index (χ3v) is 3.52. The van der Waals surface area contributed by atoms with Crippen LogP contribution in [0.2, 0.25) is 0 Å². The summed E-state index contributed by atoms with van der Waals surface area (Å²) in [5.74, 6) is 2.06. The Bertz CT molecular complexity index is 652. The lowest BCUT2D eigenvalue weighted by molar-refractivity contribution is -0.118. The Morgan fingerprint density at radius 3 is 2.12 bits per heavy atom. The van der Waals surface area contributed by atoms with E-state index in [2.05, 4.69) is 5.32 Å². The van der Waals surface area contributed by atoms with E-state index in [1.807, 2.05) is 31.2 Å². The number of carbonyl (C=O) groups is 1. The van der Waals surface area contributed by atoms with Crippen molar-refractivity contribution in [3.05, 3.63) is 48.5 Å². The summed E-state index contributed by atoms with van der Waals surface area (Å²) in [6.45, 7) is 2.87. The molecule has 0 aromatic heterocycles. The van der Waals surface area contributed by atoms with Gasteiger partial charge in [-0.15, -0.1) is 0 Å². The van der Waals surface area contributed by atoms with Gasteiger partial charge in [0.25, 0.3) is 0 Å². The quantitative estimate of drug-likeness (QED) is 0.730. The summed E-state index contributed by atoms with van der Waals surface area (Å²) in [6.07, 6.45) is -0.0560. The molecule has 25 heavy (non-hydrogen) atoms. The Morgan fingerprint density at radius 2 is 1.60 bits per heavy atom. The lowest BCUT2D eigenvalue weighted by Crippen LogP contribution is -2.28. The summed E-state index contributed by atoms with van der Waals surface area (Å²) in [5.41, 5.74) is 6.21. The molecule has 0 aliphatic carbocycles. The molecule has 1 atom stereocenters. The predicted molar refractivity (Wildman–Crippen MR) is 97.2 cm³/mol. The van der Waals surface area contributed by atoms with Crippen LogP contribution in [0.5, 0.6) is 17.2 Å². The Labute approximate surface area is 147 Å². The molecule has 0 spiro atoms. The van der Waals surface area contributed by atoms with Crippen LogP contribution in [-0.4, -0.2) is 32.3 Å². The first-order valence-electron chi connectivity index (χ1n) is 8.18. The predicted octanol–water partition coefficient (Wildman–Crippen LogP) is 3.18. The molecule has 0 heterocycles. The summed E-state index contributed by atoms with van der Waals surface area (Å²) in [5, 5.41) is 2.81. The summed E-state index contributed by atoms with van der Waals surface area (Å²) < 4.78 is 16.3. The minimum Gasteiger partial charge on any atom is -0.494 e. The van der Waals surface area contributed by atoms with E-state index in [9.17, 15) is 4.79 Å². The number of nitrogens with one attached hydrogen (secondary N) is 1. The van der Waals surface area contributed by atoms with Crippen LogP contribution in [0, 0.1) is 0 Å². The average molecular weight is 344 g/mol. The van der Waals surface area contributed by atoms with Crippen LogP contribution >= 0.6 is 0 Å². The molecular weight excluding hydrogens is 320 g/mol. The van der Waals surface area contributed by atoms with Gasteiger partial charge >= 0.3 is 0 Å². The molecule has 0 saturated heterocycles. The summed E-state index contributed by atoms with van der Waals surface area (Å²) in [4.78, 5) is 11.9. The van der Waals surface area contributed by atoms with Gasteiger partial charge in [-0.2, -0.15) is 0 Å². The zero-order chi connectivity index (χ0) is 18.1. The fraction of sp³-hybridized carbons (Fsp3) is 0.316. The van der Waals surface area contributed by atoms with E-state index in [0.29, 0.717) is 30.3 Å². The number of nitrogens with two attached hydrogens (primary N) is 1. The van der Waals surface area contributed by atoms with Gasteiger partial charge in [0.15, 0.2) is 0 Å². The first-order valence-corrected chi connectivity index (χ1v) is 8.18. The van der Waals surface area contributed by atoms with Crippen LogP contribution in [0.3, 0.4) is 0 Å². The molecule has 6 heteroatoms. The van der Waals surface area contributed by atoms with Crippen LogP contribution in [0.15, 0.2) is 48.5 Å². The normalized spacial score (nSPS) is 11.6. The van der Waals surface area contributed by atoms with Crippen molar-refractivity contribution in [2.45, 2.75) is 19.4 Å². The number of amides is 1. The minimum atomic E-state index is -0.276. The van der Waals surface area contributed by atoms with Gasteiger partial charge in [-0.25, -0.2) is 0 Å². The van der Waals surface area contributed by atoms with Crippen molar-refractivity contribution < 1.29 is 19.0 Å². The molecule has 0 saturated carbocycles. The lowest BCUT2D eigenvalue weighted by Gasteiger charge is -2.13. The van der Waals surface area contributed by atoms with Gasteiger partial charge in [-0.1, -0.05) is 0 Å². The van der Waals surface area contributed by atoms with Gasteiger partial charge in [0.05, 0.1) is 19.1 Å². The number of hydrogen-bond acceptors (Lipinski definition) is 5. The van der Waals surface area contributed by atoms with Crippen LogP contribution in [0.4, 0.5) is 5.69 Å². The van der Waals surface area contributed by atoms with Gasteiger partial charge in [-0.05, 0) is 55.5 Å². The molecule has 0 aliphatic heterocycles. The van der Waals surface area contributed by atoms with Gasteiger partial charge in [-0.3, -0.25) is 4.79 Å². The Balaban J connectivity index is 1.89. The molecule has 0 radical (unpaired) electrons. The Morgan fingerprint density at radius 1 is 1.04 bits per heavy atom. The lowest BCUT2D eigenvalue weighted by atomic mass is 10.2. The molecule has 6 nitrogen and oxygen atoms in total. The van der Waals surface area contributed by atoms with Gasteiger partial charge < -0.3 is 25.3 Å². The highest BCUT2D eigenvalue weighted by molar-refractivity contribution is 5.91. The fourth-order valence-corrected chi connectivity index (χ4v) is 2.19. The molecule has 2 aromatic carbocycles. The molecule has 1 amide bonds. The second-order valence-electron chi connectivity index (χ2n) is 5.38.